The molecule has 3 aromatic carbocycles. The SMILES string of the molecule is Cc1cccc(-c2cc(N3CCN(C(=O)OCc4ccccc4)CC3)n3nc(C)c(-c4ccccc4)c3n2)c1. The number of rotatable bonds is 5. The lowest BCUT2D eigenvalue weighted by Gasteiger charge is -2.35. The van der Waals surface area contributed by atoms with Gasteiger partial charge in [-0.1, -0.05) is 84.4 Å². The van der Waals surface area contributed by atoms with E-state index in [1.165, 1.54) is 5.56 Å². The maximum Gasteiger partial charge on any atom is 0.410 e. The third-order valence-corrected chi connectivity index (χ3v) is 7.19. The molecule has 0 radical (unpaired) electrons. The van der Waals surface area contributed by atoms with Gasteiger partial charge >= 0.3 is 6.09 Å². The second-order valence-corrected chi connectivity index (χ2v) is 9.95. The maximum absolute atomic E-state index is 12.8. The number of nitrogens with zero attached hydrogens (tertiary/aromatic N) is 5. The first-order valence-electron chi connectivity index (χ1n) is 13.3. The van der Waals surface area contributed by atoms with Crippen LogP contribution in [0.15, 0.2) is 91.0 Å². The Kier molecular flexibility index (Phi) is 6.71. The van der Waals surface area contributed by atoms with Crippen molar-refractivity contribution in [2.45, 2.75) is 20.5 Å². The van der Waals surface area contributed by atoms with Crippen molar-refractivity contribution in [3.05, 3.63) is 108 Å². The number of piperazine rings is 1. The summed E-state index contributed by atoms with van der Waals surface area (Å²) in [5.74, 6) is 0.971. The van der Waals surface area contributed by atoms with Crippen LogP contribution in [0.2, 0.25) is 0 Å². The summed E-state index contributed by atoms with van der Waals surface area (Å²) >= 11 is 0. The van der Waals surface area contributed by atoms with E-state index in [0.717, 1.165) is 45.1 Å². The molecule has 39 heavy (non-hydrogen) atoms. The van der Waals surface area contributed by atoms with Gasteiger partial charge in [0.05, 0.1) is 11.4 Å². The van der Waals surface area contributed by atoms with Crippen molar-refractivity contribution in [1.82, 2.24) is 19.5 Å². The molecule has 5 aromatic rings. The molecule has 3 heterocycles. The summed E-state index contributed by atoms with van der Waals surface area (Å²) in [5, 5.41) is 4.94. The molecule has 0 N–H and O–H groups in total. The first-order valence-corrected chi connectivity index (χ1v) is 13.3. The third kappa shape index (κ3) is 5.08. The van der Waals surface area contributed by atoms with E-state index in [0.29, 0.717) is 26.2 Å². The summed E-state index contributed by atoms with van der Waals surface area (Å²) in [6, 6.07) is 30.6. The molecular weight excluding hydrogens is 486 g/mol. The fourth-order valence-electron chi connectivity index (χ4n) is 5.16. The lowest BCUT2D eigenvalue weighted by Crippen LogP contribution is -2.49. The zero-order valence-corrected chi connectivity index (χ0v) is 22.2. The first kappa shape index (κ1) is 24.7. The number of benzene rings is 3. The number of aryl methyl sites for hydroxylation is 2. The Bertz CT molecular complexity index is 1610. The van der Waals surface area contributed by atoms with Gasteiger partial charge in [-0.05, 0) is 31.0 Å². The molecule has 0 aliphatic carbocycles. The molecule has 0 saturated carbocycles. The van der Waals surface area contributed by atoms with Gasteiger partial charge in [0, 0.05) is 43.4 Å². The molecule has 1 fully saturated rings. The maximum atomic E-state index is 12.8. The Hall–Kier alpha value is -4.65. The second kappa shape index (κ2) is 10.6. The minimum atomic E-state index is -0.278. The van der Waals surface area contributed by atoms with Crippen LogP contribution in [0.3, 0.4) is 0 Å². The number of carbonyl (C=O) groups excluding carboxylic acids is 1. The van der Waals surface area contributed by atoms with Gasteiger partial charge in [0.15, 0.2) is 5.65 Å². The number of fused-ring (bicyclic) bond motifs is 1. The average molecular weight is 518 g/mol. The quantitative estimate of drug-likeness (QED) is 0.280. The summed E-state index contributed by atoms with van der Waals surface area (Å²) in [7, 11) is 0. The molecule has 0 atom stereocenters. The number of hydrogen-bond acceptors (Lipinski definition) is 5. The molecule has 6 rings (SSSR count). The largest absolute Gasteiger partial charge is 0.445 e. The van der Waals surface area contributed by atoms with Crippen molar-refractivity contribution in [2.75, 3.05) is 31.1 Å². The Balaban J connectivity index is 1.31. The normalized spacial score (nSPS) is 13.6. The van der Waals surface area contributed by atoms with E-state index in [4.69, 9.17) is 14.8 Å². The van der Waals surface area contributed by atoms with Crippen LogP contribution in [0, 0.1) is 13.8 Å². The van der Waals surface area contributed by atoms with Gasteiger partial charge in [0.2, 0.25) is 0 Å². The second-order valence-electron chi connectivity index (χ2n) is 9.95. The molecule has 1 aliphatic heterocycles. The molecule has 2 aromatic heterocycles. The van der Waals surface area contributed by atoms with Crippen molar-refractivity contribution in [2.24, 2.45) is 0 Å². The number of anilines is 1. The van der Waals surface area contributed by atoms with Gasteiger partial charge < -0.3 is 14.5 Å². The van der Waals surface area contributed by atoms with Gasteiger partial charge in [-0.3, -0.25) is 0 Å². The van der Waals surface area contributed by atoms with Gasteiger partial charge in [-0.2, -0.15) is 9.61 Å². The van der Waals surface area contributed by atoms with E-state index in [9.17, 15) is 4.79 Å². The van der Waals surface area contributed by atoms with Crippen molar-refractivity contribution >= 4 is 17.6 Å². The molecule has 0 unspecified atom stereocenters. The van der Waals surface area contributed by atoms with Gasteiger partial charge in [0.1, 0.15) is 12.4 Å². The number of ether oxygens (including phenoxy) is 1. The highest BCUT2D eigenvalue weighted by molar-refractivity contribution is 5.83. The molecule has 7 nitrogen and oxygen atoms in total. The number of carbonyl (C=O) groups is 1. The van der Waals surface area contributed by atoms with Crippen LogP contribution in [-0.4, -0.2) is 51.8 Å². The molecule has 0 bridgehead atoms. The Morgan fingerprint density at radius 1 is 0.821 bits per heavy atom. The molecule has 0 spiro atoms. The molecule has 1 aliphatic rings. The summed E-state index contributed by atoms with van der Waals surface area (Å²) in [6.07, 6.45) is -0.278. The lowest BCUT2D eigenvalue weighted by molar-refractivity contribution is 0.0941. The summed E-state index contributed by atoms with van der Waals surface area (Å²) < 4.78 is 7.53. The number of aromatic nitrogens is 3. The van der Waals surface area contributed by atoms with Crippen LogP contribution in [0.4, 0.5) is 10.6 Å². The Morgan fingerprint density at radius 2 is 1.51 bits per heavy atom. The van der Waals surface area contributed by atoms with Crippen LogP contribution in [0.1, 0.15) is 16.8 Å². The summed E-state index contributed by atoms with van der Waals surface area (Å²) in [4.78, 5) is 22.0. The average Bonchev–Trinajstić information content (AvgIpc) is 3.32. The topological polar surface area (TPSA) is 63.0 Å². The standard InChI is InChI=1S/C32H31N5O2/c1-23-10-9-15-27(20-23)28-21-29(37-31(33-28)30(24(2)34-37)26-13-7-4-8-14-26)35-16-18-36(19-17-35)32(38)39-22-25-11-5-3-6-12-25/h3-15,20-21H,16-19,22H2,1-2H3. The molecule has 7 heteroatoms. The predicted molar refractivity (Wildman–Crippen MR) is 154 cm³/mol. The molecule has 196 valence electrons. The van der Waals surface area contributed by atoms with Gasteiger partial charge in [-0.25, -0.2) is 9.78 Å². The van der Waals surface area contributed by atoms with Crippen LogP contribution >= 0.6 is 0 Å². The highest BCUT2D eigenvalue weighted by Gasteiger charge is 2.26. The van der Waals surface area contributed by atoms with Gasteiger partial charge in [-0.15, -0.1) is 0 Å². The monoisotopic (exact) mass is 517 g/mol. The fourth-order valence-corrected chi connectivity index (χ4v) is 5.16. The van der Waals surface area contributed by atoms with E-state index in [2.05, 4.69) is 54.3 Å². The predicted octanol–water partition coefficient (Wildman–Crippen LogP) is 6.14. The summed E-state index contributed by atoms with van der Waals surface area (Å²) in [5.41, 5.74) is 8.03. The van der Waals surface area contributed by atoms with Crippen molar-refractivity contribution in [1.29, 1.82) is 0 Å². The first-order chi connectivity index (χ1) is 19.1. The van der Waals surface area contributed by atoms with Crippen LogP contribution in [0.25, 0.3) is 28.0 Å². The highest BCUT2D eigenvalue weighted by atomic mass is 16.6. The lowest BCUT2D eigenvalue weighted by atomic mass is 10.1. The van der Waals surface area contributed by atoms with Crippen molar-refractivity contribution in [3.63, 3.8) is 0 Å². The van der Waals surface area contributed by atoms with E-state index in [1.54, 1.807) is 4.90 Å². The third-order valence-electron chi connectivity index (χ3n) is 7.19. The van der Waals surface area contributed by atoms with Gasteiger partial charge in [0.25, 0.3) is 0 Å². The minimum absolute atomic E-state index is 0.277. The smallest absolute Gasteiger partial charge is 0.410 e. The highest BCUT2D eigenvalue weighted by Crippen LogP contribution is 2.33. The van der Waals surface area contributed by atoms with E-state index < -0.39 is 0 Å². The number of amides is 1. The number of hydrogen-bond donors (Lipinski definition) is 0. The zero-order chi connectivity index (χ0) is 26.8. The molecular formula is C32H31N5O2. The van der Waals surface area contributed by atoms with Crippen LogP contribution in [0.5, 0.6) is 0 Å². The van der Waals surface area contributed by atoms with E-state index in [1.807, 2.05) is 60.0 Å². The summed E-state index contributed by atoms with van der Waals surface area (Å²) in [6.45, 7) is 6.90. The zero-order valence-electron chi connectivity index (χ0n) is 22.2. The minimum Gasteiger partial charge on any atom is -0.445 e. The van der Waals surface area contributed by atoms with Crippen molar-refractivity contribution in [3.8, 4) is 22.4 Å². The Labute approximate surface area is 228 Å². The molecule has 1 amide bonds. The van der Waals surface area contributed by atoms with Crippen LogP contribution in [-0.2, 0) is 11.3 Å². The van der Waals surface area contributed by atoms with E-state index >= 15 is 0 Å². The van der Waals surface area contributed by atoms with E-state index in [-0.39, 0.29) is 12.7 Å². The van der Waals surface area contributed by atoms with Crippen LogP contribution < -0.4 is 4.90 Å². The molecule has 1 saturated heterocycles. The Morgan fingerprint density at radius 3 is 2.23 bits per heavy atom. The van der Waals surface area contributed by atoms with Crippen molar-refractivity contribution < 1.29 is 9.53 Å². The fraction of sp³-hybridized carbons (Fsp3) is 0.219.